The molecule has 0 amide bonds. The van der Waals surface area contributed by atoms with E-state index < -0.39 is 0 Å². The Morgan fingerprint density at radius 3 is 1.06 bits per heavy atom. The van der Waals surface area contributed by atoms with Crippen molar-refractivity contribution in [3.63, 3.8) is 0 Å². The molecule has 0 aromatic heterocycles. The predicted molar refractivity (Wildman–Crippen MR) is 82.4 cm³/mol. The fourth-order valence-electron chi connectivity index (χ4n) is 2.02. The van der Waals surface area contributed by atoms with Crippen LogP contribution in [-0.4, -0.2) is 0 Å². The zero-order chi connectivity index (χ0) is 14.2. The minimum Gasteiger partial charge on any atom is -0.0683 e. The predicted octanol–water partition coefficient (Wildman–Crippen LogP) is 6.39. The van der Waals surface area contributed by atoms with E-state index in [1.807, 2.05) is 13.8 Å². The van der Waals surface area contributed by atoms with Gasteiger partial charge in [-0.15, -0.1) is 0 Å². The summed E-state index contributed by atoms with van der Waals surface area (Å²) in [7, 11) is 0. The second-order valence-corrected chi connectivity index (χ2v) is 4.90. The second-order valence-electron chi connectivity index (χ2n) is 4.90. The highest BCUT2D eigenvalue weighted by Gasteiger charge is 2.23. The van der Waals surface area contributed by atoms with E-state index in [-0.39, 0.29) is 0 Å². The average molecular weight is 238 g/mol. The normalized spacial score (nSPS) is 23.6. The molecule has 0 spiro atoms. The van der Waals surface area contributed by atoms with Gasteiger partial charge in [-0.2, -0.15) is 0 Å². The molecular formula is C17H34. The van der Waals surface area contributed by atoms with E-state index >= 15 is 0 Å². The number of hydrogen-bond donors (Lipinski definition) is 0. The summed E-state index contributed by atoms with van der Waals surface area (Å²) in [5, 5.41) is 0. The molecule has 1 rings (SSSR count). The van der Waals surface area contributed by atoms with E-state index in [4.69, 9.17) is 0 Å². The largest absolute Gasteiger partial charge is 0.0683 e. The molecule has 0 radical (unpaired) electrons. The zero-order valence-corrected chi connectivity index (χ0v) is 13.9. The van der Waals surface area contributed by atoms with Gasteiger partial charge in [0, 0.05) is 0 Å². The smallest absolute Gasteiger partial charge is 0.0165 e. The third-order valence-corrected chi connectivity index (χ3v) is 3.86. The van der Waals surface area contributed by atoms with E-state index in [2.05, 4.69) is 55.4 Å². The summed E-state index contributed by atoms with van der Waals surface area (Å²) < 4.78 is 0. The van der Waals surface area contributed by atoms with Gasteiger partial charge in [0.2, 0.25) is 0 Å². The molecule has 0 saturated carbocycles. The molecule has 0 fully saturated rings. The van der Waals surface area contributed by atoms with Crippen LogP contribution in [0.1, 0.15) is 75.7 Å². The highest BCUT2D eigenvalue weighted by Crippen LogP contribution is 2.37. The molecule has 102 valence electrons. The van der Waals surface area contributed by atoms with E-state index in [9.17, 15) is 0 Å². The fourth-order valence-corrected chi connectivity index (χ4v) is 2.02. The lowest BCUT2D eigenvalue weighted by atomic mass is 9.75. The molecule has 0 bridgehead atoms. The van der Waals surface area contributed by atoms with Gasteiger partial charge in [0.1, 0.15) is 0 Å². The maximum absolute atomic E-state index is 2.33. The van der Waals surface area contributed by atoms with Crippen molar-refractivity contribution in [2.24, 2.45) is 11.8 Å². The molecule has 1 aliphatic rings. The van der Waals surface area contributed by atoms with Crippen LogP contribution in [0.15, 0.2) is 22.3 Å². The van der Waals surface area contributed by atoms with Crippen LogP contribution in [0.5, 0.6) is 0 Å². The lowest BCUT2D eigenvalue weighted by molar-refractivity contribution is 0.486. The summed E-state index contributed by atoms with van der Waals surface area (Å²) in [6.45, 7) is 21.9. The molecular weight excluding hydrogens is 204 g/mol. The molecule has 0 heterocycles. The summed E-state index contributed by atoms with van der Waals surface area (Å²) in [4.78, 5) is 0. The van der Waals surface area contributed by atoms with Crippen LogP contribution in [0.25, 0.3) is 0 Å². The van der Waals surface area contributed by atoms with Gasteiger partial charge in [0.25, 0.3) is 0 Å². The molecule has 1 aliphatic carbocycles. The number of allylic oxidation sites excluding steroid dienone is 4. The lowest BCUT2D eigenvalue weighted by Gasteiger charge is -2.30. The third kappa shape index (κ3) is 5.10. The van der Waals surface area contributed by atoms with Crippen molar-refractivity contribution in [3.8, 4) is 0 Å². The van der Waals surface area contributed by atoms with Gasteiger partial charge >= 0.3 is 0 Å². The molecule has 0 aromatic rings. The van der Waals surface area contributed by atoms with E-state index in [0.29, 0.717) is 0 Å². The summed E-state index contributed by atoms with van der Waals surface area (Å²) in [6.07, 6.45) is 1.25. The van der Waals surface area contributed by atoms with Gasteiger partial charge in [-0.1, -0.05) is 59.1 Å². The molecule has 2 atom stereocenters. The van der Waals surface area contributed by atoms with Gasteiger partial charge in [-0.05, 0) is 50.7 Å². The van der Waals surface area contributed by atoms with Crippen LogP contribution in [-0.2, 0) is 0 Å². The SMILES string of the molecule is CC.CC1=C(C)C(C)[C@@H](C)C(C)=C1C.CCC. The fraction of sp³-hybridized carbons (Fsp3) is 0.765. The van der Waals surface area contributed by atoms with Crippen LogP contribution >= 0.6 is 0 Å². The Kier molecular flexibility index (Phi) is 10.5. The van der Waals surface area contributed by atoms with Crippen LogP contribution < -0.4 is 0 Å². The summed E-state index contributed by atoms with van der Waals surface area (Å²) >= 11 is 0. The Labute approximate surface area is 110 Å². The summed E-state index contributed by atoms with van der Waals surface area (Å²) in [6, 6.07) is 0. The first kappa shape index (κ1) is 18.8. The Morgan fingerprint density at radius 1 is 0.706 bits per heavy atom. The number of hydrogen-bond acceptors (Lipinski definition) is 0. The van der Waals surface area contributed by atoms with Gasteiger partial charge in [0.15, 0.2) is 0 Å². The quantitative estimate of drug-likeness (QED) is 0.459. The second kappa shape index (κ2) is 9.50. The maximum Gasteiger partial charge on any atom is -0.0165 e. The highest BCUT2D eigenvalue weighted by atomic mass is 14.3. The van der Waals surface area contributed by atoms with Crippen molar-refractivity contribution in [2.75, 3.05) is 0 Å². The van der Waals surface area contributed by atoms with Crippen LogP contribution in [0.2, 0.25) is 0 Å². The van der Waals surface area contributed by atoms with Crippen molar-refractivity contribution in [2.45, 2.75) is 75.7 Å². The molecule has 1 unspecified atom stereocenters. The first-order chi connectivity index (χ1) is 7.88. The number of rotatable bonds is 0. The van der Waals surface area contributed by atoms with Crippen LogP contribution in [0.4, 0.5) is 0 Å². The molecule has 0 aromatic carbocycles. The molecule has 0 saturated heterocycles. The van der Waals surface area contributed by atoms with Crippen molar-refractivity contribution in [3.05, 3.63) is 22.3 Å². The monoisotopic (exact) mass is 238 g/mol. The van der Waals surface area contributed by atoms with Gasteiger partial charge in [0.05, 0.1) is 0 Å². The van der Waals surface area contributed by atoms with Crippen molar-refractivity contribution in [1.29, 1.82) is 0 Å². The molecule has 0 aliphatic heterocycles. The van der Waals surface area contributed by atoms with Gasteiger partial charge in [-0.25, -0.2) is 0 Å². The van der Waals surface area contributed by atoms with E-state index in [0.717, 1.165) is 11.8 Å². The highest BCUT2D eigenvalue weighted by molar-refractivity contribution is 5.40. The zero-order valence-electron chi connectivity index (χ0n) is 13.9. The maximum atomic E-state index is 2.33. The Bertz CT molecular complexity index is 238. The van der Waals surface area contributed by atoms with Gasteiger partial charge < -0.3 is 0 Å². The molecule has 0 N–H and O–H groups in total. The van der Waals surface area contributed by atoms with E-state index in [1.165, 1.54) is 17.6 Å². The van der Waals surface area contributed by atoms with Gasteiger partial charge in [-0.3, -0.25) is 0 Å². The topological polar surface area (TPSA) is 0 Å². The van der Waals surface area contributed by atoms with Crippen LogP contribution in [0, 0.1) is 11.8 Å². The minimum absolute atomic E-state index is 0.730. The van der Waals surface area contributed by atoms with Crippen LogP contribution in [0.3, 0.4) is 0 Å². The Balaban J connectivity index is 0. The van der Waals surface area contributed by atoms with Crippen molar-refractivity contribution in [1.82, 2.24) is 0 Å². The molecule has 0 nitrogen and oxygen atoms in total. The summed E-state index contributed by atoms with van der Waals surface area (Å²) in [5.41, 5.74) is 6.17. The first-order valence-electron chi connectivity index (χ1n) is 7.23. The van der Waals surface area contributed by atoms with Crippen molar-refractivity contribution >= 4 is 0 Å². The Hall–Kier alpha value is -0.520. The minimum atomic E-state index is 0.730. The third-order valence-electron chi connectivity index (χ3n) is 3.86. The molecule has 0 heteroatoms. The first-order valence-corrected chi connectivity index (χ1v) is 7.23. The van der Waals surface area contributed by atoms with Crippen molar-refractivity contribution < 1.29 is 0 Å². The van der Waals surface area contributed by atoms with E-state index in [1.54, 1.807) is 11.1 Å². The standard InChI is InChI=1S/C12H20.C3H8.C2H6/c1-7-8(2)10(4)12(6)11(5)9(7)3;1-3-2;1-2/h7-8H,1-6H3;3H2,1-2H3;1-2H3/t7-,8?;;/m1../s1. The average Bonchev–Trinajstić information content (AvgIpc) is 2.35. The lowest BCUT2D eigenvalue weighted by Crippen LogP contribution is -2.17. The Morgan fingerprint density at radius 2 is 0.882 bits per heavy atom. The summed E-state index contributed by atoms with van der Waals surface area (Å²) in [5.74, 6) is 1.46. The molecule has 17 heavy (non-hydrogen) atoms.